The van der Waals surface area contributed by atoms with Gasteiger partial charge in [-0.05, 0) is 37.1 Å². The van der Waals surface area contributed by atoms with E-state index in [0.29, 0.717) is 24.1 Å². The van der Waals surface area contributed by atoms with Gasteiger partial charge in [0.25, 0.3) is 11.8 Å². The Morgan fingerprint density at radius 3 is 2.52 bits per heavy atom. The van der Waals surface area contributed by atoms with Crippen LogP contribution in [0.1, 0.15) is 33.8 Å². The number of nitrogens with zero attached hydrogens (tertiary/aromatic N) is 1. The molecule has 25 heavy (non-hydrogen) atoms. The van der Waals surface area contributed by atoms with Crippen molar-refractivity contribution in [3.63, 3.8) is 0 Å². The van der Waals surface area contributed by atoms with Gasteiger partial charge in [-0.15, -0.1) is 0 Å². The maximum Gasteiger partial charge on any atom is 0.306 e. The minimum absolute atomic E-state index is 0.160. The highest BCUT2D eigenvalue weighted by Crippen LogP contribution is 2.28. The zero-order valence-corrected chi connectivity index (χ0v) is 13.6. The quantitative estimate of drug-likeness (QED) is 0.867. The number of hydrogen-bond donors (Lipinski definition) is 2. The summed E-state index contributed by atoms with van der Waals surface area (Å²) in [5.74, 6) is -1.75. The van der Waals surface area contributed by atoms with Crippen molar-refractivity contribution < 1.29 is 23.9 Å². The number of amides is 2. The molecular formula is C18H18N2O5. The molecule has 1 fully saturated rings. The molecule has 0 bridgehead atoms. The third kappa shape index (κ3) is 3.40. The summed E-state index contributed by atoms with van der Waals surface area (Å²) in [5, 5.41) is 11.7. The molecule has 0 radical (unpaired) electrons. The van der Waals surface area contributed by atoms with E-state index in [-0.39, 0.29) is 23.6 Å². The van der Waals surface area contributed by atoms with Gasteiger partial charge in [-0.1, -0.05) is 12.1 Å². The minimum atomic E-state index is -0.838. The molecule has 2 N–H and O–H groups in total. The molecule has 1 saturated carbocycles. The van der Waals surface area contributed by atoms with E-state index in [1.807, 2.05) is 0 Å². The van der Waals surface area contributed by atoms with Gasteiger partial charge in [0.1, 0.15) is 0 Å². The summed E-state index contributed by atoms with van der Waals surface area (Å²) < 4.78 is 5.12. The maximum atomic E-state index is 12.5. The first-order chi connectivity index (χ1) is 12.0. The van der Waals surface area contributed by atoms with Crippen LogP contribution in [0, 0.1) is 5.92 Å². The van der Waals surface area contributed by atoms with Crippen molar-refractivity contribution in [3.8, 4) is 0 Å². The van der Waals surface area contributed by atoms with Gasteiger partial charge in [-0.25, -0.2) is 0 Å². The van der Waals surface area contributed by atoms with E-state index in [1.165, 1.54) is 11.2 Å². The lowest BCUT2D eigenvalue weighted by molar-refractivity contribution is -0.145. The molecule has 130 valence electrons. The fraction of sp³-hybridized carbons (Fsp3) is 0.278. The second kappa shape index (κ2) is 6.80. The standard InChI is InChI=1S/C18H18N2O5/c1-20(17(22)15-7-4-8-25-15)14-6-3-2-5-13(14)16(21)19-12-9-11(10-12)18(23)24/h2-8,11-12H,9-10H2,1H3,(H,19,21)(H,23,24). The molecular weight excluding hydrogens is 324 g/mol. The molecule has 7 heteroatoms. The molecule has 0 atom stereocenters. The van der Waals surface area contributed by atoms with Gasteiger partial charge in [-0.2, -0.15) is 0 Å². The van der Waals surface area contributed by atoms with Gasteiger partial charge in [-0.3, -0.25) is 14.4 Å². The molecule has 1 heterocycles. The lowest BCUT2D eigenvalue weighted by atomic mass is 9.80. The van der Waals surface area contributed by atoms with E-state index >= 15 is 0 Å². The Morgan fingerprint density at radius 2 is 1.88 bits per heavy atom. The summed E-state index contributed by atoms with van der Waals surface area (Å²) >= 11 is 0. The second-order valence-electron chi connectivity index (χ2n) is 6.04. The van der Waals surface area contributed by atoms with Crippen molar-refractivity contribution in [2.24, 2.45) is 5.92 Å². The van der Waals surface area contributed by atoms with E-state index < -0.39 is 11.9 Å². The first-order valence-corrected chi connectivity index (χ1v) is 7.91. The van der Waals surface area contributed by atoms with Gasteiger partial charge in [0.15, 0.2) is 5.76 Å². The molecule has 1 aromatic heterocycles. The van der Waals surface area contributed by atoms with Crippen LogP contribution in [0.2, 0.25) is 0 Å². The first-order valence-electron chi connectivity index (χ1n) is 7.91. The van der Waals surface area contributed by atoms with Gasteiger partial charge < -0.3 is 19.7 Å². The number of rotatable bonds is 5. The zero-order chi connectivity index (χ0) is 18.0. The number of nitrogens with one attached hydrogen (secondary N) is 1. The smallest absolute Gasteiger partial charge is 0.306 e. The van der Waals surface area contributed by atoms with Crippen molar-refractivity contribution >= 4 is 23.5 Å². The van der Waals surface area contributed by atoms with E-state index in [2.05, 4.69) is 5.32 Å². The Bertz CT molecular complexity index is 794. The number of anilines is 1. The summed E-state index contributed by atoms with van der Waals surface area (Å²) in [5.41, 5.74) is 0.805. The topological polar surface area (TPSA) is 99.9 Å². The summed E-state index contributed by atoms with van der Waals surface area (Å²) in [6.45, 7) is 0. The average molecular weight is 342 g/mol. The van der Waals surface area contributed by atoms with E-state index in [0.717, 1.165) is 0 Å². The van der Waals surface area contributed by atoms with Crippen LogP contribution in [-0.4, -0.2) is 36.0 Å². The number of furan rings is 1. The van der Waals surface area contributed by atoms with Crippen molar-refractivity contribution in [2.45, 2.75) is 18.9 Å². The lowest BCUT2D eigenvalue weighted by Gasteiger charge is -2.33. The Balaban J connectivity index is 1.73. The Hall–Kier alpha value is -3.09. The number of carboxylic acid groups (broad SMARTS) is 1. The molecule has 1 aliphatic rings. The van der Waals surface area contributed by atoms with Crippen LogP contribution in [0.5, 0.6) is 0 Å². The number of para-hydroxylation sites is 1. The van der Waals surface area contributed by atoms with Crippen molar-refractivity contribution in [1.82, 2.24) is 5.32 Å². The fourth-order valence-corrected chi connectivity index (χ4v) is 2.83. The molecule has 0 spiro atoms. The third-order valence-electron chi connectivity index (χ3n) is 4.37. The second-order valence-corrected chi connectivity index (χ2v) is 6.04. The number of hydrogen-bond acceptors (Lipinski definition) is 4. The molecule has 2 aromatic rings. The molecule has 7 nitrogen and oxygen atoms in total. The molecule has 0 unspecified atom stereocenters. The van der Waals surface area contributed by atoms with Gasteiger partial charge in [0.2, 0.25) is 0 Å². The Kier molecular flexibility index (Phi) is 4.56. The van der Waals surface area contributed by atoms with Gasteiger partial charge >= 0.3 is 5.97 Å². The number of carboxylic acids is 1. The number of carbonyl (C=O) groups excluding carboxylic acids is 2. The monoisotopic (exact) mass is 342 g/mol. The number of aliphatic carboxylic acids is 1. The highest BCUT2D eigenvalue weighted by atomic mass is 16.4. The zero-order valence-electron chi connectivity index (χ0n) is 13.6. The lowest BCUT2D eigenvalue weighted by Crippen LogP contribution is -2.47. The van der Waals surface area contributed by atoms with E-state index in [9.17, 15) is 14.4 Å². The maximum absolute atomic E-state index is 12.5. The van der Waals surface area contributed by atoms with Crippen molar-refractivity contribution in [1.29, 1.82) is 0 Å². The third-order valence-corrected chi connectivity index (χ3v) is 4.37. The summed E-state index contributed by atoms with van der Waals surface area (Å²) in [6.07, 6.45) is 2.25. The summed E-state index contributed by atoms with van der Waals surface area (Å²) in [6, 6.07) is 9.77. The van der Waals surface area contributed by atoms with Crippen LogP contribution in [0.3, 0.4) is 0 Å². The predicted octanol–water partition coefficient (Wildman–Crippen LogP) is 2.15. The average Bonchev–Trinajstić information content (AvgIpc) is 3.10. The SMILES string of the molecule is CN(C(=O)c1ccco1)c1ccccc1C(=O)NC1CC(C(=O)O)C1. The Morgan fingerprint density at radius 1 is 1.16 bits per heavy atom. The van der Waals surface area contributed by atoms with Crippen LogP contribution >= 0.6 is 0 Å². The van der Waals surface area contributed by atoms with E-state index in [1.54, 1.807) is 43.4 Å². The van der Waals surface area contributed by atoms with Crippen LogP contribution in [0.15, 0.2) is 47.1 Å². The molecule has 2 amide bonds. The van der Waals surface area contributed by atoms with Gasteiger partial charge in [0.05, 0.1) is 23.4 Å². The van der Waals surface area contributed by atoms with Gasteiger partial charge in [0, 0.05) is 13.1 Å². The minimum Gasteiger partial charge on any atom is -0.481 e. The van der Waals surface area contributed by atoms with Crippen LogP contribution in [0.25, 0.3) is 0 Å². The predicted molar refractivity (Wildman–Crippen MR) is 89.5 cm³/mol. The highest BCUT2D eigenvalue weighted by Gasteiger charge is 2.35. The van der Waals surface area contributed by atoms with Crippen molar-refractivity contribution in [2.75, 3.05) is 11.9 Å². The molecule has 0 saturated heterocycles. The number of benzene rings is 1. The summed E-state index contributed by atoms with van der Waals surface area (Å²) in [7, 11) is 1.57. The van der Waals surface area contributed by atoms with Crippen LogP contribution in [0.4, 0.5) is 5.69 Å². The Labute approximate surface area is 144 Å². The molecule has 1 aromatic carbocycles. The van der Waals surface area contributed by atoms with Crippen molar-refractivity contribution in [3.05, 3.63) is 54.0 Å². The van der Waals surface area contributed by atoms with Crippen LogP contribution < -0.4 is 10.2 Å². The molecule has 0 aliphatic heterocycles. The first kappa shape index (κ1) is 16.8. The normalized spacial score (nSPS) is 18.9. The van der Waals surface area contributed by atoms with E-state index in [4.69, 9.17) is 9.52 Å². The summed E-state index contributed by atoms with van der Waals surface area (Å²) in [4.78, 5) is 37.2. The molecule has 1 aliphatic carbocycles. The molecule has 3 rings (SSSR count). The highest BCUT2D eigenvalue weighted by molar-refractivity contribution is 6.09. The van der Waals surface area contributed by atoms with Crippen LogP contribution in [-0.2, 0) is 4.79 Å². The fourth-order valence-electron chi connectivity index (χ4n) is 2.83. The largest absolute Gasteiger partial charge is 0.481 e. The number of carbonyl (C=O) groups is 3.